The first-order valence-electron chi connectivity index (χ1n) is 10.7. The summed E-state index contributed by atoms with van der Waals surface area (Å²) in [7, 11) is 1.49. The van der Waals surface area contributed by atoms with Crippen molar-refractivity contribution in [3.8, 4) is 17.2 Å². The molecule has 1 aliphatic heterocycles. The number of benzene rings is 1. The minimum Gasteiger partial charge on any atom is -0.493 e. The van der Waals surface area contributed by atoms with Gasteiger partial charge in [0.15, 0.2) is 17.3 Å². The zero-order valence-electron chi connectivity index (χ0n) is 18.7. The van der Waals surface area contributed by atoms with E-state index in [1.54, 1.807) is 18.2 Å². The molecular weight excluding hydrogens is 400 g/mol. The van der Waals surface area contributed by atoms with Gasteiger partial charge in [0.2, 0.25) is 12.5 Å². The van der Waals surface area contributed by atoms with Crippen LogP contribution in [0.4, 0.5) is 0 Å². The molecule has 168 valence electrons. The number of methoxy groups -OCH3 is 1. The quantitative estimate of drug-likeness (QED) is 0.729. The highest BCUT2D eigenvalue weighted by molar-refractivity contribution is 5.96. The van der Waals surface area contributed by atoms with Crippen molar-refractivity contribution in [2.45, 2.75) is 58.7 Å². The van der Waals surface area contributed by atoms with E-state index in [1.807, 2.05) is 27.7 Å². The highest BCUT2D eigenvalue weighted by Crippen LogP contribution is 2.57. The molecule has 3 aliphatic rings. The van der Waals surface area contributed by atoms with Gasteiger partial charge in [-0.15, -0.1) is 0 Å². The van der Waals surface area contributed by atoms with Crippen LogP contribution in [0.15, 0.2) is 23.8 Å². The molecule has 31 heavy (non-hydrogen) atoms. The highest BCUT2D eigenvalue weighted by atomic mass is 16.7. The molecule has 1 fully saturated rings. The standard InChI is InChI=1S/C24H30O7/c1-13(2)24(27)7-6-23(4)19(25)9-14(3)8-18(21(23)24)31-22(26)15-10-16(28-5)20-17(11-15)29-12-30-20/h9-11,13,18,21,27H,6-8,12H2,1-5H3/t18-,21+,23+,24+/m0/s1. The van der Waals surface area contributed by atoms with Crippen LogP contribution >= 0.6 is 0 Å². The van der Waals surface area contributed by atoms with Crippen LogP contribution in [0.1, 0.15) is 57.3 Å². The van der Waals surface area contributed by atoms with Crippen molar-refractivity contribution in [2.75, 3.05) is 13.9 Å². The monoisotopic (exact) mass is 430 g/mol. The Labute approximate surface area is 182 Å². The highest BCUT2D eigenvalue weighted by Gasteiger charge is 2.62. The summed E-state index contributed by atoms with van der Waals surface area (Å²) in [4.78, 5) is 26.3. The second-order valence-electron chi connectivity index (χ2n) is 9.46. The van der Waals surface area contributed by atoms with Crippen LogP contribution in [0.5, 0.6) is 17.2 Å². The van der Waals surface area contributed by atoms with Crippen molar-refractivity contribution >= 4 is 11.8 Å². The Morgan fingerprint density at radius 3 is 2.68 bits per heavy atom. The van der Waals surface area contributed by atoms with Crippen LogP contribution in [-0.4, -0.2) is 42.5 Å². The Kier molecular flexibility index (Phi) is 5.28. The Morgan fingerprint density at radius 2 is 2.00 bits per heavy atom. The SMILES string of the molecule is COc1cc(C(=O)O[C@H]2CC(C)=CC(=O)[C@@]3(C)CC[C@@](O)(C(C)C)[C@H]23)cc2c1OCO2. The molecule has 0 radical (unpaired) electrons. The molecule has 1 saturated carbocycles. The summed E-state index contributed by atoms with van der Waals surface area (Å²) in [6.45, 7) is 7.70. The summed E-state index contributed by atoms with van der Waals surface area (Å²) >= 11 is 0. The third-order valence-electron chi connectivity index (χ3n) is 7.26. The van der Waals surface area contributed by atoms with Crippen molar-refractivity contribution in [3.63, 3.8) is 0 Å². The molecule has 7 heteroatoms. The molecule has 1 N–H and O–H groups in total. The fourth-order valence-corrected chi connectivity index (χ4v) is 5.42. The maximum atomic E-state index is 13.2. The number of esters is 1. The predicted octanol–water partition coefficient (Wildman–Crippen LogP) is 3.67. The number of allylic oxidation sites excluding steroid dienone is 1. The molecule has 0 unspecified atom stereocenters. The number of aliphatic hydroxyl groups is 1. The van der Waals surface area contributed by atoms with E-state index in [0.29, 0.717) is 36.5 Å². The van der Waals surface area contributed by atoms with Gasteiger partial charge >= 0.3 is 5.97 Å². The summed E-state index contributed by atoms with van der Waals surface area (Å²) in [5.41, 5.74) is -0.770. The van der Waals surface area contributed by atoms with Crippen LogP contribution < -0.4 is 14.2 Å². The molecule has 1 aromatic rings. The van der Waals surface area contributed by atoms with Gasteiger partial charge in [-0.3, -0.25) is 4.79 Å². The zero-order valence-corrected chi connectivity index (χ0v) is 18.7. The lowest BCUT2D eigenvalue weighted by atomic mass is 9.67. The molecule has 0 saturated heterocycles. The Balaban J connectivity index is 1.70. The molecule has 0 aromatic heterocycles. The summed E-state index contributed by atoms with van der Waals surface area (Å²) in [6, 6.07) is 3.13. The van der Waals surface area contributed by atoms with Crippen molar-refractivity contribution in [1.29, 1.82) is 0 Å². The third-order valence-corrected chi connectivity index (χ3v) is 7.26. The van der Waals surface area contributed by atoms with Crippen molar-refractivity contribution < 1.29 is 33.6 Å². The first-order chi connectivity index (χ1) is 14.6. The van der Waals surface area contributed by atoms with E-state index in [4.69, 9.17) is 18.9 Å². The van der Waals surface area contributed by atoms with E-state index in [1.165, 1.54) is 7.11 Å². The molecule has 4 atom stereocenters. The summed E-state index contributed by atoms with van der Waals surface area (Å²) < 4.78 is 22.2. The van der Waals surface area contributed by atoms with Gasteiger partial charge in [0, 0.05) is 17.8 Å². The van der Waals surface area contributed by atoms with E-state index in [2.05, 4.69) is 0 Å². The Bertz CT molecular complexity index is 949. The summed E-state index contributed by atoms with van der Waals surface area (Å²) in [6.07, 6.45) is 2.47. The topological polar surface area (TPSA) is 91.3 Å². The van der Waals surface area contributed by atoms with E-state index >= 15 is 0 Å². The van der Waals surface area contributed by atoms with Crippen LogP contribution in [0.25, 0.3) is 0 Å². The lowest BCUT2D eigenvalue weighted by Gasteiger charge is -2.42. The fourth-order valence-electron chi connectivity index (χ4n) is 5.42. The van der Waals surface area contributed by atoms with Crippen LogP contribution in [-0.2, 0) is 9.53 Å². The van der Waals surface area contributed by atoms with Gasteiger partial charge in [0.05, 0.1) is 18.3 Å². The first-order valence-corrected chi connectivity index (χ1v) is 10.7. The lowest BCUT2D eigenvalue weighted by molar-refractivity contribution is -0.140. The number of carbonyl (C=O) groups is 2. The molecule has 0 amide bonds. The molecule has 2 aliphatic carbocycles. The number of hydrogen-bond acceptors (Lipinski definition) is 7. The number of fused-ring (bicyclic) bond motifs is 2. The second-order valence-corrected chi connectivity index (χ2v) is 9.46. The van der Waals surface area contributed by atoms with Crippen molar-refractivity contribution in [3.05, 3.63) is 29.3 Å². The van der Waals surface area contributed by atoms with E-state index in [9.17, 15) is 14.7 Å². The smallest absolute Gasteiger partial charge is 0.338 e. The average molecular weight is 430 g/mol. The lowest BCUT2D eigenvalue weighted by Crippen LogP contribution is -2.51. The normalized spacial score (nSPS) is 31.8. The summed E-state index contributed by atoms with van der Waals surface area (Å²) in [5, 5.41) is 11.6. The number of carbonyl (C=O) groups excluding carboxylic acids is 2. The van der Waals surface area contributed by atoms with Gasteiger partial charge in [0.1, 0.15) is 6.10 Å². The third kappa shape index (κ3) is 3.39. The Morgan fingerprint density at radius 1 is 1.26 bits per heavy atom. The van der Waals surface area contributed by atoms with Gasteiger partial charge in [-0.05, 0) is 43.9 Å². The Hall–Kier alpha value is -2.54. The number of ether oxygens (including phenoxy) is 4. The maximum absolute atomic E-state index is 13.2. The molecular formula is C24H30O7. The van der Waals surface area contributed by atoms with Gasteiger partial charge in [0.25, 0.3) is 0 Å². The largest absolute Gasteiger partial charge is 0.493 e. The van der Waals surface area contributed by atoms with Crippen LogP contribution in [0, 0.1) is 17.3 Å². The number of hydrogen-bond donors (Lipinski definition) is 1. The molecule has 1 heterocycles. The van der Waals surface area contributed by atoms with E-state index in [0.717, 1.165) is 5.57 Å². The average Bonchev–Trinajstić information content (AvgIpc) is 3.27. The minimum absolute atomic E-state index is 0.00475. The molecule has 0 spiro atoms. The number of ketones is 1. The second kappa shape index (κ2) is 7.55. The maximum Gasteiger partial charge on any atom is 0.338 e. The predicted molar refractivity (Wildman–Crippen MR) is 112 cm³/mol. The number of rotatable bonds is 4. The van der Waals surface area contributed by atoms with Crippen LogP contribution in [0.2, 0.25) is 0 Å². The molecule has 4 rings (SSSR count). The van der Waals surface area contributed by atoms with Crippen LogP contribution in [0.3, 0.4) is 0 Å². The summed E-state index contributed by atoms with van der Waals surface area (Å²) in [5.74, 6) is 0.120. The molecule has 0 bridgehead atoms. The zero-order chi connectivity index (χ0) is 22.6. The van der Waals surface area contributed by atoms with Crippen molar-refractivity contribution in [1.82, 2.24) is 0 Å². The first kappa shape index (κ1) is 21.7. The molecule has 1 aromatic carbocycles. The van der Waals surface area contributed by atoms with Gasteiger partial charge < -0.3 is 24.1 Å². The molecule has 7 nitrogen and oxygen atoms in total. The van der Waals surface area contributed by atoms with E-state index in [-0.39, 0.29) is 24.1 Å². The van der Waals surface area contributed by atoms with Gasteiger partial charge in [-0.2, -0.15) is 0 Å². The fraction of sp³-hybridized carbons (Fsp3) is 0.583. The van der Waals surface area contributed by atoms with E-state index < -0.39 is 29.0 Å². The van der Waals surface area contributed by atoms with Gasteiger partial charge in [-0.25, -0.2) is 4.79 Å². The minimum atomic E-state index is -1.10. The van der Waals surface area contributed by atoms with Crippen molar-refractivity contribution in [2.24, 2.45) is 17.3 Å². The van der Waals surface area contributed by atoms with Gasteiger partial charge in [-0.1, -0.05) is 26.3 Å².